The van der Waals surface area contributed by atoms with Crippen LogP contribution in [0.3, 0.4) is 0 Å². The van der Waals surface area contributed by atoms with Gasteiger partial charge < -0.3 is 10.0 Å². The lowest BCUT2D eigenvalue weighted by atomic mass is 9.98. The lowest BCUT2D eigenvalue weighted by molar-refractivity contribution is 0.119. The standard InChI is InChI=1S/C17H35NO/c1-2-3-4-5-6-7-8-9-10-13-18-14-11-12-17(15-18)16-19/h17,19H,2-16H2,1H3. The molecule has 1 atom stereocenters. The highest BCUT2D eigenvalue weighted by Crippen LogP contribution is 2.16. The summed E-state index contributed by atoms with van der Waals surface area (Å²) >= 11 is 0. The van der Waals surface area contributed by atoms with Gasteiger partial charge in [-0.1, -0.05) is 58.3 Å². The molecular weight excluding hydrogens is 234 g/mol. The van der Waals surface area contributed by atoms with Crippen LogP contribution in [-0.4, -0.2) is 36.2 Å². The number of piperidine rings is 1. The fraction of sp³-hybridized carbons (Fsp3) is 1.00. The highest BCUT2D eigenvalue weighted by Gasteiger charge is 2.18. The number of rotatable bonds is 11. The largest absolute Gasteiger partial charge is 0.396 e. The summed E-state index contributed by atoms with van der Waals surface area (Å²) < 4.78 is 0. The van der Waals surface area contributed by atoms with Crippen molar-refractivity contribution in [1.29, 1.82) is 0 Å². The normalized spacial score (nSPS) is 20.8. The van der Waals surface area contributed by atoms with Crippen molar-refractivity contribution in [2.75, 3.05) is 26.2 Å². The van der Waals surface area contributed by atoms with Crippen molar-refractivity contribution in [2.45, 2.75) is 77.6 Å². The van der Waals surface area contributed by atoms with Gasteiger partial charge in [-0.2, -0.15) is 0 Å². The second-order valence-corrected chi connectivity index (χ2v) is 6.32. The molecule has 1 fully saturated rings. The molecule has 2 heteroatoms. The van der Waals surface area contributed by atoms with E-state index in [4.69, 9.17) is 0 Å². The molecule has 1 unspecified atom stereocenters. The minimum absolute atomic E-state index is 0.383. The minimum atomic E-state index is 0.383. The van der Waals surface area contributed by atoms with Crippen molar-refractivity contribution < 1.29 is 5.11 Å². The Kier molecular flexibility index (Phi) is 10.5. The molecule has 114 valence electrons. The number of aliphatic hydroxyl groups is 1. The first-order chi connectivity index (χ1) is 9.36. The van der Waals surface area contributed by atoms with Crippen LogP contribution in [0.2, 0.25) is 0 Å². The molecule has 1 N–H and O–H groups in total. The Morgan fingerprint density at radius 1 is 0.947 bits per heavy atom. The maximum absolute atomic E-state index is 9.21. The van der Waals surface area contributed by atoms with Crippen LogP contribution >= 0.6 is 0 Å². The molecule has 0 aromatic heterocycles. The first-order valence-corrected chi connectivity index (χ1v) is 8.70. The van der Waals surface area contributed by atoms with Gasteiger partial charge in [0, 0.05) is 13.2 Å². The van der Waals surface area contributed by atoms with E-state index >= 15 is 0 Å². The van der Waals surface area contributed by atoms with Crippen LogP contribution < -0.4 is 0 Å². The van der Waals surface area contributed by atoms with Gasteiger partial charge in [0.15, 0.2) is 0 Å². The fourth-order valence-corrected chi connectivity index (χ4v) is 3.15. The molecular formula is C17H35NO. The Bertz CT molecular complexity index is 196. The van der Waals surface area contributed by atoms with Crippen LogP contribution in [0, 0.1) is 5.92 Å². The first-order valence-electron chi connectivity index (χ1n) is 8.70. The molecule has 0 aromatic carbocycles. The van der Waals surface area contributed by atoms with Gasteiger partial charge in [-0.25, -0.2) is 0 Å². The maximum atomic E-state index is 9.21. The Morgan fingerprint density at radius 2 is 1.58 bits per heavy atom. The summed E-state index contributed by atoms with van der Waals surface area (Å²) in [5.74, 6) is 0.548. The first kappa shape index (κ1) is 17.0. The molecule has 19 heavy (non-hydrogen) atoms. The zero-order chi connectivity index (χ0) is 13.8. The fourth-order valence-electron chi connectivity index (χ4n) is 3.15. The van der Waals surface area contributed by atoms with Gasteiger partial charge >= 0.3 is 0 Å². The van der Waals surface area contributed by atoms with Gasteiger partial charge in [0.2, 0.25) is 0 Å². The quantitative estimate of drug-likeness (QED) is 0.568. The summed E-state index contributed by atoms with van der Waals surface area (Å²) in [7, 11) is 0. The molecule has 0 aromatic rings. The summed E-state index contributed by atoms with van der Waals surface area (Å²) in [6.45, 7) is 6.31. The monoisotopic (exact) mass is 269 g/mol. The van der Waals surface area contributed by atoms with Crippen molar-refractivity contribution in [1.82, 2.24) is 4.90 Å². The number of nitrogens with zero attached hydrogens (tertiary/aromatic N) is 1. The van der Waals surface area contributed by atoms with Crippen LogP contribution in [0.25, 0.3) is 0 Å². The lowest BCUT2D eigenvalue weighted by Gasteiger charge is -2.31. The number of unbranched alkanes of at least 4 members (excludes halogenated alkanes) is 8. The van der Waals surface area contributed by atoms with Crippen molar-refractivity contribution in [3.63, 3.8) is 0 Å². The second kappa shape index (κ2) is 11.7. The summed E-state index contributed by atoms with van der Waals surface area (Å²) in [5.41, 5.74) is 0. The van der Waals surface area contributed by atoms with Crippen LogP contribution in [0.4, 0.5) is 0 Å². The summed E-state index contributed by atoms with van der Waals surface area (Å²) in [6, 6.07) is 0. The van der Waals surface area contributed by atoms with Crippen molar-refractivity contribution in [2.24, 2.45) is 5.92 Å². The summed E-state index contributed by atoms with van der Waals surface area (Å²) in [6.07, 6.45) is 15.2. The third-order valence-corrected chi connectivity index (χ3v) is 4.44. The average molecular weight is 269 g/mol. The van der Waals surface area contributed by atoms with E-state index in [1.165, 1.54) is 83.7 Å². The Labute approximate surface area is 120 Å². The van der Waals surface area contributed by atoms with Gasteiger partial charge in [-0.05, 0) is 38.3 Å². The summed E-state index contributed by atoms with van der Waals surface area (Å²) in [5, 5.41) is 9.21. The van der Waals surface area contributed by atoms with E-state index in [-0.39, 0.29) is 0 Å². The molecule has 1 aliphatic heterocycles. The number of aliphatic hydroxyl groups excluding tert-OH is 1. The van der Waals surface area contributed by atoms with Crippen molar-refractivity contribution >= 4 is 0 Å². The van der Waals surface area contributed by atoms with E-state index in [2.05, 4.69) is 11.8 Å². The third kappa shape index (κ3) is 8.65. The Morgan fingerprint density at radius 3 is 2.21 bits per heavy atom. The average Bonchev–Trinajstić information content (AvgIpc) is 2.46. The molecule has 1 heterocycles. The molecule has 0 radical (unpaired) electrons. The minimum Gasteiger partial charge on any atom is -0.396 e. The molecule has 1 aliphatic rings. The van der Waals surface area contributed by atoms with E-state index < -0.39 is 0 Å². The third-order valence-electron chi connectivity index (χ3n) is 4.44. The van der Waals surface area contributed by atoms with Crippen molar-refractivity contribution in [3.05, 3.63) is 0 Å². The van der Waals surface area contributed by atoms with Crippen LogP contribution in [0.15, 0.2) is 0 Å². The van der Waals surface area contributed by atoms with Gasteiger partial charge in [0.25, 0.3) is 0 Å². The summed E-state index contributed by atoms with van der Waals surface area (Å²) in [4.78, 5) is 2.56. The predicted molar refractivity (Wildman–Crippen MR) is 83.5 cm³/mol. The van der Waals surface area contributed by atoms with Gasteiger partial charge in [-0.15, -0.1) is 0 Å². The van der Waals surface area contributed by atoms with Crippen molar-refractivity contribution in [3.8, 4) is 0 Å². The number of hydrogen-bond acceptors (Lipinski definition) is 2. The SMILES string of the molecule is CCCCCCCCCCCN1CCCC(CO)C1. The van der Waals surface area contributed by atoms with E-state index in [0.29, 0.717) is 12.5 Å². The molecule has 1 rings (SSSR count). The molecule has 0 bridgehead atoms. The molecule has 2 nitrogen and oxygen atoms in total. The van der Waals surface area contributed by atoms with E-state index in [1.54, 1.807) is 0 Å². The number of hydrogen-bond donors (Lipinski definition) is 1. The van der Waals surface area contributed by atoms with Gasteiger partial charge in [0.05, 0.1) is 0 Å². The maximum Gasteiger partial charge on any atom is 0.0471 e. The van der Waals surface area contributed by atoms with Crippen LogP contribution in [-0.2, 0) is 0 Å². The van der Waals surface area contributed by atoms with Crippen LogP contribution in [0.1, 0.15) is 77.6 Å². The van der Waals surface area contributed by atoms with E-state index in [9.17, 15) is 5.11 Å². The van der Waals surface area contributed by atoms with E-state index in [0.717, 1.165) is 6.54 Å². The highest BCUT2D eigenvalue weighted by molar-refractivity contribution is 4.72. The molecule has 0 amide bonds. The molecule has 0 saturated carbocycles. The Balaban J connectivity index is 1.85. The predicted octanol–water partition coefficient (Wildman–Crippen LogP) is 4.22. The van der Waals surface area contributed by atoms with Crippen LogP contribution in [0.5, 0.6) is 0 Å². The van der Waals surface area contributed by atoms with Gasteiger partial charge in [-0.3, -0.25) is 0 Å². The lowest BCUT2D eigenvalue weighted by Crippen LogP contribution is -2.37. The smallest absolute Gasteiger partial charge is 0.0471 e. The second-order valence-electron chi connectivity index (χ2n) is 6.32. The molecule has 1 saturated heterocycles. The molecule has 0 aliphatic carbocycles. The zero-order valence-corrected chi connectivity index (χ0v) is 13.1. The molecule has 0 spiro atoms. The van der Waals surface area contributed by atoms with Gasteiger partial charge in [0.1, 0.15) is 0 Å². The van der Waals surface area contributed by atoms with E-state index in [1.807, 2.05) is 0 Å². The zero-order valence-electron chi connectivity index (χ0n) is 13.1. The highest BCUT2D eigenvalue weighted by atomic mass is 16.3. The topological polar surface area (TPSA) is 23.5 Å². The number of likely N-dealkylation sites (tertiary alicyclic amines) is 1. The Hall–Kier alpha value is -0.0800.